The van der Waals surface area contributed by atoms with Crippen LogP contribution in [0.3, 0.4) is 0 Å². The summed E-state index contributed by atoms with van der Waals surface area (Å²) in [4.78, 5) is 0. The molecular weight excluding hydrogens is 298 g/mol. The van der Waals surface area contributed by atoms with Crippen molar-refractivity contribution in [2.75, 3.05) is 13.1 Å². The quantitative estimate of drug-likeness (QED) is 0.806. The van der Waals surface area contributed by atoms with Gasteiger partial charge in [0.25, 0.3) is 10.2 Å². The number of nitrogens with one attached hydrogen (secondary N) is 1. The van der Waals surface area contributed by atoms with Crippen molar-refractivity contribution in [1.82, 2.24) is 9.03 Å². The van der Waals surface area contributed by atoms with Crippen LogP contribution in [0.25, 0.3) is 0 Å². The molecule has 1 aliphatic heterocycles. The lowest BCUT2D eigenvalue weighted by Crippen LogP contribution is -2.53. The zero-order valence-electron chi connectivity index (χ0n) is 12.3. The molecule has 0 radical (unpaired) electrons. The van der Waals surface area contributed by atoms with E-state index in [-0.39, 0.29) is 24.5 Å². The molecule has 120 valence electrons. The van der Waals surface area contributed by atoms with E-state index in [4.69, 9.17) is 5.73 Å². The average Bonchev–Trinajstić information content (AvgIpc) is 2.90. The molecule has 0 spiro atoms. The van der Waals surface area contributed by atoms with Crippen molar-refractivity contribution in [2.45, 2.75) is 64.0 Å². The highest BCUT2D eigenvalue weighted by molar-refractivity contribution is 7.87. The second-order valence-corrected chi connectivity index (χ2v) is 7.62. The van der Waals surface area contributed by atoms with Gasteiger partial charge < -0.3 is 5.73 Å². The van der Waals surface area contributed by atoms with Gasteiger partial charge in [-0.3, -0.25) is 0 Å². The third-order valence-corrected chi connectivity index (χ3v) is 6.33. The van der Waals surface area contributed by atoms with Gasteiger partial charge in [-0.05, 0) is 38.5 Å². The van der Waals surface area contributed by atoms with E-state index in [2.05, 4.69) is 4.72 Å². The first-order valence-electron chi connectivity index (χ1n) is 7.54. The SMILES string of the molecule is CC1CCCCN1S(=O)(=O)NC(CN)C1CCCC1.Cl. The van der Waals surface area contributed by atoms with E-state index < -0.39 is 10.2 Å². The summed E-state index contributed by atoms with van der Waals surface area (Å²) in [6, 6.07) is 0.00915. The minimum atomic E-state index is -3.38. The molecule has 7 heteroatoms. The van der Waals surface area contributed by atoms with Crippen LogP contribution >= 0.6 is 12.4 Å². The molecule has 0 aromatic heterocycles. The Morgan fingerprint density at radius 3 is 2.35 bits per heavy atom. The molecular formula is C13H28ClN3O2S. The molecule has 0 amide bonds. The van der Waals surface area contributed by atoms with Gasteiger partial charge >= 0.3 is 0 Å². The lowest BCUT2D eigenvalue weighted by atomic mass is 9.99. The van der Waals surface area contributed by atoms with E-state index in [1.54, 1.807) is 4.31 Å². The van der Waals surface area contributed by atoms with Crippen molar-refractivity contribution in [1.29, 1.82) is 0 Å². The van der Waals surface area contributed by atoms with Gasteiger partial charge in [-0.25, -0.2) is 0 Å². The molecule has 1 aliphatic carbocycles. The molecule has 2 rings (SSSR count). The molecule has 1 heterocycles. The maximum Gasteiger partial charge on any atom is 0.279 e. The van der Waals surface area contributed by atoms with Crippen LogP contribution in [-0.2, 0) is 10.2 Å². The van der Waals surface area contributed by atoms with Gasteiger partial charge in [-0.15, -0.1) is 12.4 Å². The molecule has 20 heavy (non-hydrogen) atoms. The smallest absolute Gasteiger partial charge is 0.279 e. The number of hydrogen-bond acceptors (Lipinski definition) is 3. The lowest BCUT2D eigenvalue weighted by Gasteiger charge is -2.34. The maximum absolute atomic E-state index is 12.5. The molecule has 2 unspecified atom stereocenters. The lowest BCUT2D eigenvalue weighted by molar-refractivity contribution is 0.260. The standard InChI is InChI=1S/C13H27N3O2S.ClH/c1-11-6-4-5-9-16(11)19(17,18)15-13(10-14)12-7-2-3-8-12;/h11-13,15H,2-10,14H2,1H3;1H. The number of rotatable bonds is 5. The first-order valence-corrected chi connectivity index (χ1v) is 8.98. The van der Waals surface area contributed by atoms with E-state index in [9.17, 15) is 8.42 Å². The van der Waals surface area contributed by atoms with Gasteiger partial charge in [0.2, 0.25) is 0 Å². The van der Waals surface area contributed by atoms with Crippen molar-refractivity contribution in [2.24, 2.45) is 11.7 Å². The summed E-state index contributed by atoms with van der Waals surface area (Å²) in [6.45, 7) is 3.02. The molecule has 0 aromatic carbocycles. The number of halogens is 1. The van der Waals surface area contributed by atoms with Gasteiger partial charge in [0.15, 0.2) is 0 Å². The topological polar surface area (TPSA) is 75.4 Å². The summed E-state index contributed by atoms with van der Waals surface area (Å²) in [7, 11) is -3.38. The van der Waals surface area contributed by atoms with Crippen LogP contribution < -0.4 is 10.5 Å². The van der Waals surface area contributed by atoms with Gasteiger partial charge in [0.1, 0.15) is 0 Å². The molecule has 0 aromatic rings. The molecule has 3 N–H and O–H groups in total. The Bertz CT molecular complexity index is 385. The van der Waals surface area contributed by atoms with Crippen LogP contribution in [0.15, 0.2) is 0 Å². The van der Waals surface area contributed by atoms with E-state index in [0.717, 1.165) is 32.1 Å². The summed E-state index contributed by atoms with van der Waals surface area (Å²) in [5.41, 5.74) is 5.78. The zero-order valence-corrected chi connectivity index (χ0v) is 13.9. The van der Waals surface area contributed by atoms with E-state index >= 15 is 0 Å². The van der Waals surface area contributed by atoms with E-state index in [1.807, 2.05) is 6.92 Å². The predicted molar refractivity (Wildman–Crippen MR) is 84.1 cm³/mol. The van der Waals surface area contributed by atoms with Crippen LogP contribution in [0.2, 0.25) is 0 Å². The number of piperidine rings is 1. The summed E-state index contributed by atoms with van der Waals surface area (Å²) in [5, 5.41) is 0. The molecule has 5 nitrogen and oxygen atoms in total. The number of nitrogens with zero attached hydrogens (tertiary/aromatic N) is 1. The van der Waals surface area contributed by atoms with Crippen LogP contribution in [0.5, 0.6) is 0 Å². The fourth-order valence-corrected chi connectivity index (χ4v) is 5.14. The van der Waals surface area contributed by atoms with E-state index in [1.165, 1.54) is 12.8 Å². The van der Waals surface area contributed by atoms with Gasteiger partial charge in [0, 0.05) is 25.2 Å². The van der Waals surface area contributed by atoms with Crippen molar-refractivity contribution >= 4 is 22.6 Å². The summed E-state index contributed by atoms with van der Waals surface area (Å²) in [5.74, 6) is 0.417. The van der Waals surface area contributed by atoms with Crippen molar-refractivity contribution < 1.29 is 8.42 Å². The second kappa shape index (κ2) is 7.94. The Kier molecular flexibility index (Phi) is 7.21. The van der Waals surface area contributed by atoms with Gasteiger partial charge in [-0.2, -0.15) is 17.4 Å². The van der Waals surface area contributed by atoms with Crippen LogP contribution in [0.4, 0.5) is 0 Å². The first-order chi connectivity index (χ1) is 9.04. The highest BCUT2D eigenvalue weighted by atomic mass is 35.5. The Balaban J connectivity index is 0.00000200. The van der Waals surface area contributed by atoms with Crippen molar-refractivity contribution in [3.63, 3.8) is 0 Å². The van der Waals surface area contributed by atoms with Crippen molar-refractivity contribution in [3.05, 3.63) is 0 Å². The van der Waals surface area contributed by atoms with Crippen molar-refractivity contribution in [3.8, 4) is 0 Å². The van der Waals surface area contributed by atoms with E-state index in [0.29, 0.717) is 19.0 Å². The fourth-order valence-electron chi connectivity index (χ4n) is 3.38. The first kappa shape index (κ1) is 18.2. The monoisotopic (exact) mass is 325 g/mol. The largest absolute Gasteiger partial charge is 0.329 e. The Hall–Kier alpha value is 0.120. The molecule has 2 fully saturated rings. The predicted octanol–water partition coefficient (Wildman–Crippen LogP) is 1.63. The molecule has 1 saturated carbocycles. The van der Waals surface area contributed by atoms with Gasteiger partial charge in [0.05, 0.1) is 0 Å². The van der Waals surface area contributed by atoms with Gasteiger partial charge in [-0.1, -0.05) is 19.3 Å². The number of nitrogens with two attached hydrogens (primary N) is 1. The number of hydrogen-bond donors (Lipinski definition) is 2. The summed E-state index contributed by atoms with van der Waals surface area (Å²) in [6.07, 6.45) is 7.63. The Morgan fingerprint density at radius 1 is 1.20 bits per heavy atom. The minimum Gasteiger partial charge on any atom is -0.329 e. The third kappa shape index (κ3) is 4.31. The Morgan fingerprint density at radius 2 is 1.80 bits per heavy atom. The minimum absolute atomic E-state index is 0. The highest BCUT2D eigenvalue weighted by Crippen LogP contribution is 2.28. The molecule has 0 bridgehead atoms. The molecule has 2 atom stereocenters. The van der Waals surface area contributed by atoms with Crippen LogP contribution in [0, 0.1) is 5.92 Å². The zero-order chi connectivity index (χ0) is 13.9. The molecule has 2 aliphatic rings. The summed E-state index contributed by atoms with van der Waals surface area (Å²) >= 11 is 0. The maximum atomic E-state index is 12.5. The van der Waals surface area contributed by atoms with Crippen LogP contribution in [0.1, 0.15) is 51.9 Å². The Labute approximate surface area is 129 Å². The molecule has 1 saturated heterocycles. The summed E-state index contributed by atoms with van der Waals surface area (Å²) < 4.78 is 29.4. The average molecular weight is 326 g/mol. The highest BCUT2D eigenvalue weighted by Gasteiger charge is 2.33. The van der Waals surface area contributed by atoms with Crippen LogP contribution in [-0.4, -0.2) is 37.9 Å². The third-order valence-electron chi connectivity index (χ3n) is 4.57. The fraction of sp³-hybridized carbons (Fsp3) is 1.00. The normalized spacial score (nSPS) is 27.2. The second-order valence-electron chi connectivity index (χ2n) is 5.97.